The van der Waals surface area contributed by atoms with E-state index < -0.39 is 0 Å². The predicted molar refractivity (Wildman–Crippen MR) is 95.0 cm³/mol. The molecule has 0 atom stereocenters. The topological polar surface area (TPSA) is 26.3 Å². The summed E-state index contributed by atoms with van der Waals surface area (Å²) in [5.74, 6) is -0.0913. The Kier molecular flexibility index (Phi) is 7.12. The number of aryl methyl sites for hydroxylation is 1. The fourth-order valence-corrected chi connectivity index (χ4v) is 2.62. The SMILES string of the molecule is CCOC(=O)/C=C(/CCCc1ccccc1)C1C=CC=CC=C1. The van der Waals surface area contributed by atoms with E-state index in [-0.39, 0.29) is 11.9 Å². The van der Waals surface area contributed by atoms with E-state index in [0.717, 1.165) is 24.8 Å². The first-order chi connectivity index (χ1) is 11.3. The fraction of sp³-hybridized carbons (Fsp3) is 0.286. The van der Waals surface area contributed by atoms with Crippen LogP contribution in [0.3, 0.4) is 0 Å². The van der Waals surface area contributed by atoms with E-state index in [2.05, 4.69) is 36.4 Å². The lowest BCUT2D eigenvalue weighted by Gasteiger charge is -2.13. The van der Waals surface area contributed by atoms with Crippen LogP contribution in [-0.2, 0) is 16.0 Å². The molecule has 0 aliphatic heterocycles. The maximum Gasteiger partial charge on any atom is 0.330 e. The van der Waals surface area contributed by atoms with Crippen LogP contribution >= 0.6 is 0 Å². The summed E-state index contributed by atoms with van der Waals surface area (Å²) in [5.41, 5.74) is 2.44. The van der Waals surface area contributed by atoms with Gasteiger partial charge in [0.1, 0.15) is 0 Å². The van der Waals surface area contributed by atoms with E-state index in [1.54, 1.807) is 6.08 Å². The van der Waals surface area contributed by atoms with Crippen LogP contribution in [0.1, 0.15) is 25.3 Å². The first-order valence-electron chi connectivity index (χ1n) is 8.22. The Hall–Kier alpha value is -2.35. The summed E-state index contributed by atoms with van der Waals surface area (Å²) in [6, 6.07) is 10.4. The normalized spacial score (nSPS) is 14.7. The second kappa shape index (κ2) is 9.62. The predicted octanol–water partition coefficient (Wildman–Crippen LogP) is 4.80. The molecule has 1 aromatic carbocycles. The molecule has 1 aromatic rings. The highest BCUT2D eigenvalue weighted by atomic mass is 16.5. The highest BCUT2D eigenvalue weighted by Crippen LogP contribution is 2.22. The summed E-state index contributed by atoms with van der Waals surface area (Å²) in [6.45, 7) is 2.24. The molecule has 0 saturated heterocycles. The quantitative estimate of drug-likeness (QED) is 0.534. The average molecular weight is 308 g/mol. The van der Waals surface area contributed by atoms with Gasteiger partial charge in [-0.05, 0) is 31.7 Å². The molecule has 0 amide bonds. The third-order valence-electron chi connectivity index (χ3n) is 3.76. The van der Waals surface area contributed by atoms with E-state index in [4.69, 9.17) is 4.74 Å². The largest absolute Gasteiger partial charge is 0.463 e. The minimum atomic E-state index is -0.249. The first-order valence-corrected chi connectivity index (χ1v) is 8.22. The molecule has 0 N–H and O–H groups in total. The molecular formula is C21H24O2. The fourth-order valence-electron chi connectivity index (χ4n) is 2.62. The molecule has 1 aliphatic carbocycles. The minimum Gasteiger partial charge on any atom is -0.463 e. The number of ether oxygens (including phenoxy) is 1. The second-order valence-electron chi connectivity index (χ2n) is 5.49. The Labute approximate surface area is 138 Å². The molecular weight excluding hydrogens is 284 g/mol. The Bertz CT molecular complexity index is 590. The molecule has 120 valence electrons. The molecule has 2 nitrogen and oxygen atoms in total. The molecule has 0 aromatic heterocycles. The van der Waals surface area contributed by atoms with Crippen molar-refractivity contribution in [3.63, 3.8) is 0 Å². The summed E-state index contributed by atoms with van der Waals surface area (Å²) in [4.78, 5) is 11.9. The van der Waals surface area contributed by atoms with Crippen LogP contribution in [0.25, 0.3) is 0 Å². The lowest BCUT2D eigenvalue weighted by Crippen LogP contribution is -2.06. The number of rotatable bonds is 7. The van der Waals surface area contributed by atoms with Crippen LogP contribution in [0.4, 0.5) is 0 Å². The van der Waals surface area contributed by atoms with Crippen molar-refractivity contribution in [2.24, 2.45) is 5.92 Å². The van der Waals surface area contributed by atoms with Gasteiger partial charge in [0.15, 0.2) is 0 Å². The molecule has 0 heterocycles. The number of hydrogen-bond donors (Lipinski definition) is 0. The van der Waals surface area contributed by atoms with Crippen LogP contribution < -0.4 is 0 Å². The van der Waals surface area contributed by atoms with Gasteiger partial charge in [0.2, 0.25) is 0 Å². The van der Waals surface area contributed by atoms with Crippen LogP contribution in [0.5, 0.6) is 0 Å². The van der Waals surface area contributed by atoms with Crippen molar-refractivity contribution < 1.29 is 9.53 Å². The Morgan fingerprint density at radius 1 is 1.09 bits per heavy atom. The lowest BCUT2D eigenvalue weighted by atomic mass is 9.92. The van der Waals surface area contributed by atoms with Crippen molar-refractivity contribution >= 4 is 5.97 Å². The summed E-state index contributed by atoms with van der Waals surface area (Å²) in [5, 5.41) is 0. The van der Waals surface area contributed by atoms with Crippen molar-refractivity contribution in [3.8, 4) is 0 Å². The van der Waals surface area contributed by atoms with Gasteiger partial charge in [-0.15, -0.1) is 0 Å². The number of hydrogen-bond acceptors (Lipinski definition) is 2. The summed E-state index contributed by atoms with van der Waals surface area (Å²) in [7, 11) is 0. The third-order valence-corrected chi connectivity index (χ3v) is 3.76. The number of benzene rings is 1. The van der Waals surface area contributed by atoms with Gasteiger partial charge in [0.25, 0.3) is 0 Å². The number of carbonyl (C=O) groups excluding carboxylic acids is 1. The molecule has 0 spiro atoms. The van der Waals surface area contributed by atoms with E-state index in [0.29, 0.717) is 6.61 Å². The van der Waals surface area contributed by atoms with Crippen molar-refractivity contribution in [2.45, 2.75) is 26.2 Å². The van der Waals surface area contributed by atoms with Crippen molar-refractivity contribution in [1.82, 2.24) is 0 Å². The highest BCUT2D eigenvalue weighted by Gasteiger charge is 2.11. The summed E-state index contributed by atoms with van der Waals surface area (Å²) < 4.78 is 5.08. The standard InChI is InChI=1S/C21H24O2/c1-2-23-21(22)17-20(19-14-8-3-4-9-15-19)16-10-13-18-11-6-5-7-12-18/h3-9,11-12,14-15,17,19H,2,10,13,16H2,1H3/b20-17-. The van der Waals surface area contributed by atoms with Crippen molar-refractivity contribution in [3.05, 3.63) is 84.0 Å². The maximum absolute atomic E-state index is 11.9. The molecule has 23 heavy (non-hydrogen) atoms. The zero-order chi connectivity index (χ0) is 16.3. The van der Waals surface area contributed by atoms with Crippen LogP contribution in [0.2, 0.25) is 0 Å². The average Bonchev–Trinajstić information content (AvgIpc) is 2.84. The van der Waals surface area contributed by atoms with Gasteiger partial charge in [-0.3, -0.25) is 0 Å². The molecule has 2 rings (SSSR count). The van der Waals surface area contributed by atoms with Crippen LogP contribution in [-0.4, -0.2) is 12.6 Å². The molecule has 0 bridgehead atoms. The molecule has 2 heteroatoms. The zero-order valence-corrected chi connectivity index (χ0v) is 13.7. The molecule has 0 fully saturated rings. The van der Waals surface area contributed by atoms with E-state index >= 15 is 0 Å². The molecule has 0 radical (unpaired) electrons. The Morgan fingerprint density at radius 2 is 1.78 bits per heavy atom. The molecule has 0 unspecified atom stereocenters. The van der Waals surface area contributed by atoms with E-state index in [9.17, 15) is 4.79 Å². The van der Waals surface area contributed by atoms with Gasteiger partial charge in [0.05, 0.1) is 6.61 Å². The highest BCUT2D eigenvalue weighted by molar-refractivity contribution is 5.83. The molecule has 0 saturated carbocycles. The maximum atomic E-state index is 11.9. The van der Waals surface area contributed by atoms with Crippen LogP contribution in [0.15, 0.2) is 78.4 Å². The van der Waals surface area contributed by atoms with Gasteiger partial charge in [-0.25, -0.2) is 4.79 Å². The lowest BCUT2D eigenvalue weighted by molar-refractivity contribution is -0.137. The zero-order valence-electron chi connectivity index (χ0n) is 13.7. The van der Waals surface area contributed by atoms with Gasteiger partial charge in [0, 0.05) is 12.0 Å². The molecule has 1 aliphatic rings. The monoisotopic (exact) mass is 308 g/mol. The van der Waals surface area contributed by atoms with Crippen molar-refractivity contribution in [2.75, 3.05) is 6.61 Å². The second-order valence-corrected chi connectivity index (χ2v) is 5.49. The van der Waals surface area contributed by atoms with Crippen molar-refractivity contribution in [1.29, 1.82) is 0 Å². The van der Waals surface area contributed by atoms with Gasteiger partial charge >= 0.3 is 5.97 Å². The van der Waals surface area contributed by atoms with E-state index in [1.165, 1.54) is 5.56 Å². The van der Waals surface area contributed by atoms with Crippen LogP contribution in [0, 0.1) is 5.92 Å². The van der Waals surface area contributed by atoms with Gasteiger partial charge in [-0.1, -0.05) is 72.4 Å². The summed E-state index contributed by atoms with van der Waals surface area (Å²) >= 11 is 0. The van der Waals surface area contributed by atoms with Gasteiger partial charge < -0.3 is 4.74 Å². The third kappa shape index (κ3) is 6.11. The first kappa shape index (κ1) is 17.0. The number of carbonyl (C=O) groups is 1. The number of allylic oxidation sites excluding steroid dienone is 7. The van der Waals surface area contributed by atoms with E-state index in [1.807, 2.05) is 37.3 Å². The Balaban J connectivity index is 2.02. The summed E-state index contributed by atoms with van der Waals surface area (Å²) in [6.07, 6.45) is 16.9. The minimum absolute atomic E-state index is 0.158. The number of esters is 1. The van der Waals surface area contributed by atoms with Gasteiger partial charge in [-0.2, -0.15) is 0 Å². The Morgan fingerprint density at radius 3 is 2.43 bits per heavy atom. The smallest absolute Gasteiger partial charge is 0.330 e.